The van der Waals surface area contributed by atoms with E-state index < -0.39 is 11.9 Å². The Kier molecular flexibility index (Phi) is 5.21. The molecule has 1 aliphatic heterocycles. The van der Waals surface area contributed by atoms with Crippen LogP contribution in [-0.4, -0.2) is 40.0 Å². The number of likely N-dealkylation sites (tertiary alicyclic amines) is 1. The molecule has 0 bridgehead atoms. The molecule has 6 nitrogen and oxygen atoms in total. The number of hydrogen-bond acceptors (Lipinski definition) is 4. The number of ether oxygens (including phenoxy) is 1. The Hall–Kier alpha value is -2.89. The van der Waals surface area contributed by atoms with Gasteiger partial charge in [0.05, 0.1) is 5.92 Å². The van der Waals surface area contributed by atoms with Crippen molar-refractivity contribution in [3.05, 3.63) is 58.9 Å². The molecule has 1 unspecified atom stereocenters. The molecule has 0 radical (unpaired) electrons. The smallest absolute Gasteiger partial charge is 0.308 e. The average molecular weight is 354 g/mol. The van der Waals surface area contributed by atoms with Crippen LogP contribution in [0.3, 0.4) is 0 Å². The summed E-state index contributed by atoms with van der Waals surface area (Å²) >= 11 is 0. The maximum Gasteiger partial charge on any atom is 0.308 e. The lowest BCUT2D eigenvalue weighted by Gasteiger charge is -2.18. The van der Waals surface area contributed by atoms with E-state index in [1.54, 1.807) is 17.3 Å². The van der Waals surface area contributed by atoms with Gasteiger partial charge in [-0.15, -0.1) is 0 Å². The number of carbonyl (C=O) groups excluding carboxylic acids is 1. The van der Waals surface area contributed by atoms with Gasteiger partial charge in [0, 0.05) is 36.6 Å². The Balaban J connectivity index is 1.72. The van der Waals surface area contributed by atoms with E-state index in [0.717, 1.165) is 22.4 Å². The van der Waals surface area contributed by atoms with Crippen LogP contribution >= 0.6 is 0 Å². The molecule has 1 atom stereocenters. The molecule has 1 saturated heterocycles. The second-order valence-electron chi connectivity index (χ2n) is 6.66. The summed E-state index contributed by atoms with van der Waals surface area (Å²) in [7, 11) is 0. The third kappa shape index (κ3) is 3.85. The summed E-state index contributed by atoms with van der Waals surface area (Å²) in [4.78, 5) is 29.5. The van der Waals surface area contributed by atoms with Crippen LogP contribution in [0.4, 0.5) is 0 Å². The molecule has 2 heterocycles. The highest BCUT2D eigenvalue weighted by Gasteiger charge is 2.31. The number of carbonyl (C=O) groups is 2. The van der Waals surface area contributed by atoms with Crippen LogP contribution in [0.1, 0.15) is 33.5 Å². The first-order chi connectivity index (χ1) is 12.5. The maximum atomic E-state index is 12.7. The van der Waals surface area contributed by atoms with Crippen LogP contribution in [0.2, 0.25) is 0 Å². The van der Waals surface area contributed by atoms with Gasteiger partial charge in [-0.25, -0.2) is 0 Å². The number of aromatic nitrogens is 1. The lowest BCUT2D eigenvalue weighted by molar-refractivity contribution is -0.141. The fourth-order valence-corrected chi connectivity index (χ4v) is 3.27. The van der Waals surface area contributed by atoms with Gasteiger partial charge in [0.2, 0.25) is 0 Å². The second kappa shape index (κ2) is 7.56. The number of rotatable bonds is 5. The Bertz CT molecular complexity index is 797. The number of pyridine rings is 1. The quantitative estimate of drug-likeness (QED) is 0.893. The Morgan fingerprint density at radius 2 is 2.04 bits per heavy atom. The molecule has 1 amide bonds. The number of amides is 1. The minimum atomic E-state index is -0.841. The molecule has 0 saturated carbocycles. The van der Waals surface area contributed by atoms with E-state index in [-0.39, 0.29) is 12.5 Å². The minimum Gasteiger partial charge on any atom is -0.488 e. The van der Waals surface area contributed by atoms with Gasteiger partial charge < -0.3 is 14.7 Å². The number of benzene rings is 1. The average Bonchev–Trinajstić information content (AvgIpc) is 3.11. The van der Waals surface area contributed by atoms with E-state index in [0.29, 0.717) is 25.1 Å². The van der Waals surface area contributed by atoms with E-state index in [1.807, 2.05) is 38.1 Å². The van der Waals surface area contributed by atoms with Gasteiger partial charge in [-0.3, -0.25) is 14.6 Å². The molecular weight excluding hydrogens is 332 g/mol. The van der Waals surface area contributed by atoms with E-state index in [9.17, 15) is 9.59 Å². The molecule has 2 aromatic rings. The first-order valence-corrected chi connectivity index (χ1v) is 8.60. The van der Waals surface area contributed by atoms with Gasteiger partial charge in [-0.1, -0.05) is 6.07 Å². The highest BCUT2D eigenvalue weighted by Crippen LogP contribution is 2.27. The molecule has 1 aromatic carbocycles. The topological polar surface area (TPSA) is 79.7 Å². The molecule has 1 aliphatic rings. The third-order valence-electron chi connectivity index (χ3n) is 4.64. The molecule has 26 heavy (non-hydrogen) atoms. The molecule has 0 aliphatic carbocycles. The van der Waals surface area contributed by atoms with Crippen LogP contribution < -0.4 is 4.74 Å². The van der Waals surface area contributed by atoms with Crippen molar-refractivity contribution in [1.29, 1.82) is 0 Å². The van der Waals surface area contributed by atoms with Crippen LogP contribution in [0.5, 0.6) is 5.75 Å². The van der Waals surface area contributed by atoms with Crippen LogP contribution in [-0.2, 0) is 11.4 Å². The summed E-state index contributed by atoms with van der Waals surface area (Å²) in [6, 6.07) is 7.42. The van der Waals surface area contributed by atoms with Crippen molar-refractivity contribution in [1.82, 2.24) is 9.88 Å². The van der Waals surface area contributed by atoms with Crippen molar-refractivity contribution >= 4 is 11.9 Å². The van der Waals surface area contributed by atoms with E-state index in [4.69, 9.17) is 9.84 Å². The molecule has 0 spiro atoms. The molecule has 1 N–H and O–H groups in total. The number of aliphatic carboxylic acids is 1. The largest absolute Gasteiger partial charge is 0.488 e. The normalized spacial score (nSPS) is 16.5. The molecule has 1 fully saturated rings. The lowest BCUT2D eigenvalue weighted by Crippen LogP contribution is -2.30. The molecule has 136 valence electrons. The minimum absolute atomic E-state index is 0.126. The van der Waals surface area contributed by atoms with Gasteiger partial charge in [-0.05, 0) is 49.6 Å². The van der Waals surface area contributed by atoms with E-state index in [2.05, 4.69) is 4.98 Å². The number of hydrogen-bond donors (Lipinski definition) is 1. The molecule has 3 rings (SSSR count). The van der Waals surface area contributed by atoms with Gasteiger partial charge in [0.15, 0.2) is 0 Å². The lowest BCUT2D eigenvalue weighted by atomic mass is 10.0. The zero-order valence-corrected chi connectivity index (χ0v) is 14.9. The molecular formula is C20H22N2O4. The van der Waals surface area contributed by atoms with Gasteiger partial charge in [-0.2, -0.15) is 0 Å². The predicted octanol–water partition coefficient (Wildman–Crippen LogP) is 2.82. The third-order valence-corrected chi connectivity index (χ3v) is 4.64. The maximum absolute atomic E-state index is 12.7. The van der Waals surface area contributed by atoms with E-state index >= 15 is 0 Å². The van der Waals surface area contributed by atoms with Crippen molar-refractivity contribution in [2.45, 2.75) is 26.9 Å². The summed E-state index contributed by atoms with van der Waals surface area (Å²) < 4.78 is 5.92. The monoisotopic (exact) mass is 354 g/mol. The summed E-state index contributed by atoms with van der Waals surface area (Å²) in [5.41, 5.74) is 3.31. The predicted molar refractivity (Wildman–Crippen MR) is 96.1 cm³/mol. The highest BCUT2D eigenvalue weighted by molar-refractivity contribution is 5.95. The SMILES string of the molecule is Cc1cc(C(=O)N2CCC(C(=O)O)C2)cc(C)c1OCc1cccnc1. The van der Waals surface area contributed by atoms with Crippen LogP contribution in [0.25, 0.3) is 0 Å². The number of nitrogens with zero attached hydrogens (tertiary/aromatic N) is 2. The van der Waals surface area contributed by atoms with Crippen LogP contribution in [0, 0.1) is 19.8 Å². The molecule has 6 heteroatoms. The Morgan fingerprint density at radius 3 is 2.62 bits per heavy atom. The summed E-state index contributed by atoms with van der Waals surface area (Å²) in [5.74, 6) is -0.677. The zero-order chi connectivity index (χ0) is 18.7. The fraction of sp³-hybridized carbons (Fsp3) is 0.350. The molecule has 1 aromatic heterocycles. The number of aryl methyl sites for hydroxylation is 2. The fourth-order valence-electron chi connectivity index (χ4n) is 3.27. The summed E-state index contributed by atoms with van der Waals surface area (Å²) in [6.07, 6.45) is 3.98. The van der Waals surface area contributed by atoms with E-state index in [1.165, 1.54) is 0 Å². The van der Waals surface area contributed by atoms with Gasteiger partial charge in [0.1, 0.15) is 12.4 Å². The van der Waals surface area contributed by atoms with Gasteiger partial charge in [0.25, 0.3) is 5.91 Å². The Morgan fingerprint density at radius 1 is 1.31 bits per heavy atom. The van der Waals surface area contributed by atoms with Crippen molar-refractivity contribution in [2.75, 3.05) is 13.1 Å². The summed E-state index contributed by atoms with van der Waals surface area (Å²) in [5, 5.41) is 9.10. The standard InChI is InChI=1S/C20H22N2O4/c1-13-8-17(19(23)22-7-5-16(11-22)20(24)25)9-14(2)18(13)26-12-15-4-3-6-21-10-15/h3-4,6,8-10,16H,5,7,11-12H2,1-2H3,(H,24,25). The van der Waals surface area contributed by atoms with Crippen molar-refractivity contribution in [2.24, 2.45) is 5.92 Å². The van der Waals surface area contributed by atoms with Crippen molar-refractivity contribution < 1.29 is 19.4 Å². The number of carboxylic acids is 1. The zero-order valence-electron chi connectivity index (χ0n) is 14.9. The van der Waals surface area contributed by atoms with Crippen molar-refractivity contribution in [3.8, 4) is 5.75 Å². The first-order valence-electron chi connectivity index (χ1n) is 8.60. The Labute approximate surface area is 152 Å². The first kappa shape index (κ1) is 17.9. The summed E-state index contributed by atoms with van der Waals surface area (Å²) in [6.45, 7) is 4.98. The van der Waals surface area contributed by atoms with Crippen LogP contribution in [0.15, 0.2) is 36.7 Å². The second-order valence-corrected chi connectivity index (χ2v) is 6.66. The van der Waals surface area contributed by atoms with Gasteiger partial charge >= 0.3 is 5.97 Å². The van der Waals surface area contributed by atoms with Crippen molar-refractivity contribution in [3.63, 3.8) is 0 Å². The highest BCUT2D eigenvalue weighted by atomic mass is 16.5. The number of carboxylic acid groups (broad SMARTS) is 1.